The van der Waals surface area contributed by atoms with Crippen molar-refractivity contribution in [1.82, 2.24) is 10.2 Å². The van der Waals surface area contributed by atoms with Crippen molar-refractivity contribution in [3.63, 3.8) is 0 Å². The summed E-state index contributed by atoms with van der Waals surface area (Å²) in [5.41, 5.74) is 0.493. The van der Waals surface area contributed by atoms with E-state index in [2.05, 4.69) is 5.32 Å². The first-order valence-electron chi connectivity index (χ1n) is 7.73. The van der Waals surface area contributed by atoms with Gasteiger partial charge >= 0.3 is 0 Å². The Balaban J connectivity index is 1.90. The quantitative estimate of drug-likeness (QED) is 0.917. The summed E-state index contributed by atoms with van der Waals surface area (Å²) < 4.78 is 5.44. The molecular weight excluding hydrogens is 323 g/mol. The molecule has 2 heterocycles. The zero-order chi connectivity index (χ0) is 15.5. The van der Waals surface area contributed by atoms with E-state index in [1.165, 1.54) is 0 Å². The third kappa shape index (κ3) is 3.25. The van der Waals surface area contributed by atoms with Crippen LogP contribution in [0.2, 0.25) is 10.0 Å². The molecule has 0 bridgehead atoms. The molecule has 2 aliphatic rings. The highest BCUT2D eigenvalue weighted by molar-refractivity contribution is 6.43. The fourth-order valence-corrected chi connectivity index (χ4v) is 3.66. The summed E-state index contributed by atoms with van der Waals surface area (Å²) in [4.78, 5) is 15.1. The summed E-state index contributed by atoms with van der Waals surface area (Å²) in [6.07, 6.45) is 2.72. The standard InChI is InChI=1S/C16H20Cl2N2O2/c17-14-3-1-2-13(15(14)18)16(21)20(12-4-7-19-10-12)11-5-8-22-9-6-11/h1-3,11-12,19H,4-10H2/t12-/m1/s1. The molecule has 1 aromatic rings. The van der Waals surface area contributed by atoms with E-state index in [0.29, 0.717) is 28.8 Å². The molecule has 1 atom stereocenters. The molecule has 4 nitrogen and oxygen atoms in total. The zero-order valence-corrected chi connectivity index (χ0v) is 13.9. The van der Waals surface area contributed by atoms with Crippen molar-refractivity contribution in [1.29, 1.82) is 0 Å². The molecule has 0 aliphatic carbocycles. The lowest BCUT2D eigenvalue weighted by Crippen LogP contribution is -2.50. The van der Waals surface area contributed by atoms with E-state index in [-0.39, 0.29) is 18.0 Å². The number of nitrogens with zero attached hydrogens (tertiary/aromatic N) is 1. The molecule has 0 saturated carbocycles. The van der Waals surface area contributed by atoms with Crippen LogP contribution in [0, 0.1) is 0 Å². The molecule has 120 valence electrons. The average Bonchev–Trinajstić information content (AvgIpc) is 3.05. The molecule has 2 aliphatic heterocycles. The summed E-state index contributed by atoms with van der Waals surface area (Å²) in [6, 6.07) is 5.66. The molecule has 22 heavy (non-hydrogen) atoms. The van der Waals surface area contributed by atoms with Gasteiger partial charge in [0.05, 0.1) is 15.6 Å². The molecule has 1 amide bonds. The predicted molar refractivity (Wildman–Crippen MR) is 87.7 cm³/mol. The highest BCUT2D eigenvalue weighted by atomic mass is 35.5. The first-order chi connectivity index (χ1) is 10.7. The van der Waals surface area contributed by atoms with E-state index in [4.69, 9.17) is 27.9 Å². The van der Waals surface area contributed by atoms with Crippen molar-refractivity contribution < 1.29 is 9.53 Å². The van der Waals surface area contributed by atoms with Gasteiger partial charge in [-0.15, -0.1) is 0 Å². The lowest BCUT2D eigenvalue weighted by Gasteiger charge is -2.38. The minimum Gasteiger partial charge on any atom is -0.381 e. The van der Waals surface area contributed by atoms with Gasteiger partial charge in [0.2, 0.25) is 0 Å². The summed E-state index contributed by atoms with van der Waals surface area (Å²) in [5.74, 6) is -0.0203. The maximum absolute atomic E-state index is 13.1. The Kier molecular flexibility index (Phi) is 5.24. The van der Waals surface area contributed by atoms with Crippen molar-refractivity contribution in [2.24, 2.45) is 0 Å². The maximum Gasteiger partial charge on any atom is 0.255 e. The number of hydrogen-bond donors (Lipinski definition) is 1. The van der Waals surface area contributed by atoms with Gasteiger partial charge in [-0.3, -0.25) is 4.79 Å². The first-order valence-corrected chi connectivity index (χ1v) is 8.49. The molecule has 2 saturated heterocycles. The third-order valence-electron chi connectivity index (χ3n) is 4.43. The number of carbonyl (C=O) groups excluding carboxylic acids is 1. The number of benzene rings is 1. The van der Waals surface area contributed by atoms with Crippen LogP contribution in [0.1, 0.15) is 29.6 Å². The van der Waals surface area contributed by atoms with E-state index in [9.17, 15) is 4.79 Å². The van der Waals surface area contributed by atoms with Crippen molar-refractivity contribution in [2.45, 2.75) is 31.3 Å². The monoisotopic (exact) mass is 342 g/mol. The second kappa shape index (κ2) is 7.18. The van der Waals surface area contributed by atoms with Crippen LogP contribution in [0.15, 0.2) is 18.2 Å². The molecule has 0 radical (unpaired) electrons. The predicted octanol–water partition coefficient (Wildman–Crippen LogP) is 2.98. The number of amides is 1. The van der Waals surface area contributed by atoms with E-state index in [1.807, 2.05) is 4.90 Å². The van der Waals surface area contributed by atoms with Crippen LogP contribution in [0.5, 0.6) is 0 Å². The fraction of sp³-hybridized carbons (Fsp3) is 0.562. The first kappa shape index (κ1) is 16.1. The van der Waals surface area contributed by atoms with Crippen LogP contribution < -0.4 is 5.32 Å². The maximum atomic E-state index is 13.1. The van der Waals surface area contributed by atoms with Crippen LogP contribution in [0.3, 0.4) is 0 Å². The van der Waals surface area contributed by atoms with Crippen LogP contribution in [0.4, 0.5) is 0 Å². The van der Waals surface area contributed by atoms with Crippen molar-refractivity contribution in [2.75, 3.05) is 26.3 Å². The van der Waals surface area contributed by atoms with Crippen LogP contribution in [-0.4, -0.2) is 49.2 Å². The van der Waals surface area contributed by atoms with Gasteiger partial charge in [0.1, 0.15) is 0 Å². The Morgan fingerprint density at radius 2 is 1.95 bits per heavy atom. The molecule has 0 unspecified atom stereocenters. The Bertz CT molecular complexity index is 541. The SMILES string of the molecule is O=C(c1cccc(Cl)c1Cl)N(C1CCOCC1)[C@@H]1CCNC1. The average molecular weight is 343 g/mol. The number of carbonyl (C=O) groups is 1. The number of rotatable bonds is 3. The van der Waals surface area contributed by atoms with Gasteiger partial charge in [0.15, 0.2) is 0 Å². The normalized spacial score (nSPS) is 22.7. The zero-order valence-electron chi connectivity index (χ0n) is 12.4. The highest BCUT2D eigenvalue weighted by Gasteiger charge is 2.34. The fourth-order valence-electron chi connectivity index (χ4n) is 3.28. The van der Waals surface area contributed by atoms with Crippen molar-refractivity contribution in [3.8, 4) is 0 Å². The van der Waals surface area contributed by atoms with Crippen LogP contribution >= 0.6 is 23.2 Å². The van der Waals surface area contributed by atoms with Gasteiger partial charge < -0.3 is 15.0 Å². The number of halogens is 2. The third-order valence-corrected chi connectivity index (χ3v) is 5.25. The van der Waals surface area contributed by atoms with E-state index in [1.54, 1.807) is 18.2 Å². The number of hydrogen-bond acceptors (Lipinski definition) is 3. The van der Waals surface area contributed by atoms with Crippen molar-refractivity contribution in [3.05, 3.63) is 33.8 Å². The molecule has 2 fully saturated rings. The van der Waals surface area contributed by atoms with Gasteiger partial charge in [0.25, 0.3) is 5.91 Å². The van der Waals surface area contributed by atoms with E-state index in [0.717, 1.165) is 32.4 Å². The van der Waals surface area contributed by atoms with Gasteiger partial charge in [-0.05, 0) is 37.9 Å². The Labute approximate surface area is 140 Å². The van der Waals surface area contributed by atoms with Crippen LogP contribution in [-0.2, 0) is 4.74 Å². The van der Waals surface area contributed by atoms with E-state index >= 15 is 0 Å². The lowest BCUT2D eigenvalue weighted by atomic mass is 10.0. The van der Waals surface area contributed by atoms with Crippen LogP contribution in [0.25, 0.3) is 0 Å². The van der Waals surface area contributed by atoms with Gasteiger partial charge in [-0.1, -0.05) is 29.3 Å². The number of nitrogens with one attached hydrogen (secondary N) is 1. The lowest BCUT2D eigenvalue weighted by molar-refractivity contribution is 0.0186. The molecule has 0 spiro atoms. The minimum absolute atomic E-state index is 0.0203. The molecule has 3 rings (SSSR count). The topological polar surface area (TPSA) is 41.6 Å². The summed E-state index contributed by atoms with van der Waals surface area (Å²) in [7, 11) is 0. The summed E-state index contributed by atoms with van der Waals surface area (Å²) in [5, 5.41) is 4.11. The highest BCUT2D eigenvalue weighted by Crippen LogP contribution is 2.29. The second-order valence-electron chi connectivity index (χ2n) is 5.80. The molecule has 1 N–H and O–H groups in total. The summed E-state index contributed by atoms with van der Waals surface area (Å²) in [6.45, 7) is 3.19. The summed E-state index contributed by atoms with van der Waals surface area (Å²) >= 11 is 12.3. The molecule has 1 aromatic carbocycles. The Morgan fingerprint density at radius 1 is 1.18 bits per heavy atom. The number of ether oxygens (including phenoxy) is 1. The van der Waals surface area contributed by atoms with Gasteiger partial charge in [-0.25, -0.2) is 0 Å². The smallest absolute Gasteiger partial charge is 0.255 e. The minimum atomic E-state index is -0.0203. The second-order valence-corrected chi connectivity index (χ2v) is 6.59. The van der Waals surface area contributed by atoms with Gasteiger partial charge in [0, 0.05) is 31.8 Å². The van der Waals surface area contributed by atoms with Gasteiger partial charge in [-0.2, -0.15) is 0 Å². The molecule has 0 aromatic heterocycles. The Morgan fingerprint density at radius 3 is 2.64 bits per heavy atom. The largest absolute Gasteiger partial charge is 0.381 e. The molecular formula is C16H20Cl2N2O2. The Hall–Kier alpha value is -0.810. The van der Waals surface area contributed by atoms with Crippen molar-refractivity contribution >= 4 is 29.1 Å². The molecule has 6 heteroatoms. The van der Waals surface area contributed by atoms with E-state index < -0.39 is 0 Å².